The summed E-state index contributed by atoms with van der Waals surface area (Å²) in [5, 5.41) is 9.50. The molecule has 0 spiro atoms. The number of carboxylic acid groups (broad SMARTS) is 1. The van der Waals surface area contributed by atoms with Crippen molar-refractivity contribution in [2.24, 2.45) is 5.92 Å². The summed E-state index contributed by atoms with van der Waals surface area (Å²) >= 11 is 0. The van der Waals surface area contributed by atoms with E-state index in [0.717, 1.165) is 12.8 Å². The summed E-state index contributed by atoms with van der Waals surface area (Å²) in [6, 6.07) is 0. The molecule has 1 aliphatic carbocycles. The number of hydrogen-bond donors (Lipinski definition) is 1. The second-order valence-electron chi connectivity index (χ2n) is 11.7. The fraction of sp³-hybridized carbons (Fsp3) is 0.767. The minimum atomic E-state index is -2.19. The number of Topliss-reactive ketones (excluding diaryl/α,β-unsaturated/α-hetero) is 1. The topological polar surface area (TPSA) is 63.6 Å². The van der Waals surface area contributed by atoms with Crippen LogP contribution in [0.15, 0.2) is 29.5 Å². The van der Waals surface area contributed by atoms with Crippen LogP contribution in [0.25, 0.3) is 0 Å². The smallest absolute Gasteiger partial charge is 0.336 e. The van der Waals surface area contributed by atoms with Crippen molar-refractivity contribution in [1.82, 2.24) is 0 Å². The number of carbonyl (C=O) groups is 2. The van der Waals surface area contributed by atoms with Crippen LogP contribution in [0, 0.1) is 5.92 Å². The minimum Gasteiger partial charge on any atom is -0.479 e. The van der Waals surface area contributed by atoms with Gasteiger partial charge in [-0.2, -0.15) is 0 Å². The Balaban J connectivity index is 2.40. The van der Waals surface area contributed by atoms with Crippen LogP contribution in [-0.2, 0) is 14.0 Å². The number of ketones is 1. The van der Waals surface area contributed by atoms with E-state index < -0.39 is 20.4 Å². The summed E-state index contributed by atoms with van der Waals surface area (Å²) in [5.74, 6) is -0.622. The van der Waals surface area contributed by atoms with Crippen LogP contribution in [0.2, 0.25) is 18.1 Å². The van der Waals surface area contributed by atoms with Crippen molar-refractivity contribution in [1.29, 1.82) is 0 Å². The lowest BCUT2D eigenvalue weighted by Crippen LogP contribution is -2.45. The monoisotopic (exact) mass is 504 g/mol. The van der Waals surface area contributed by atoms with E-state index in [4.69, 9.17) is 4.43 Å². The normalized spacial score (nSPS) is 17.1. The van der Waals surface area contributed by atoms with E-state index >= 15 is 0 Å². The van der Waals surface area contributed by atoms with Gasteiger partial charge in [-0.15, -0.1) is 5.73 Å². The van der Waals surface area contributed by atoms with Gasteiger partial charge in [-0.1, -0.05) is 97.1 Å². The first kappa shape index (κ1) is 31.6. The fourth-order valence-corrected chi connectivity index (χ4v) is 5.46. The van der Waals surface area contributed by atoms with Gasteiger partial charge in [0.1, 0.15) is 5.78 Å². The van der Waals surface area contributed by atoms with Crippen LogP contribution in [0.1, 0.15) is 118 Å². The minimum absolute atomic E-state index is 0.0327. The van der Waals surface area contributed by atoms with Gasteiger partial charge in [0.15, 0.2) is 14.4 Å². The summed E-state index contributed by atoms with van der Waals surface area (Å²) in [6.07, 6.45) is 20.9. The largest absolute Gasteiger partial charge is 0.479 e. The summed E-state index contributed by atoms with van der Waals surface area (Å²) in [7, 11) is -2.19. The number of rotatable bonds is 18. The van der Waals surface area contributed by atoms with Gasteiger partial charge in [0, 0.05) is 12.3 Å². The Labute approximate surface area is 216 Å². The maximum absolute atomic E-state index is 12.4. The molecule has 1 N–H and O–H groups in total. The first-order valence-corrected chi connectivity index (χ1v) is 16.9. The maximum atomic E-state index is 12.4. The highest BCUT2D eigenvalue weighted by Gasteiger charge is 2.40. The Kier molecular flexibility index (Phi) is 14.8. The van der Waals surface area contributed by atoms with E-state index in [0.29, 0.717) is 18.6 Å². The average Bonchev–Trinajstić information content (AvgIpc) is 3.12. The van der Waals surface area contributed by atoms with Crippen molar-refractivity contribution in [2.75, 3.05) is 0 Å². The Bertz CT molecular complexity index is 738. The Morgan fingerprint density at radius 3 is 2.23 bits per heavy atom. The van der Waals surface area contributed by atoms with Gasteiger partial charge >= 0.3 is 5.97 Å². The molecule has 1 aliphatic rings. The van der Waals surface area contributed by atoms with Crippen LogP contribution in [-0.4, -0.2) is 31.3 Å². The quantitative estimate of drug-likeness (QED) is 0.0876. The zero-order chi connectivity index (χ0) is 26.3. The molecule has 0 aromatic rings. The molecule has 0 saturated carbocycles. The van der Waals surface area contributed by atoms with Crippen molar-refractivity contribution >= 4 is 20.1 Å². The highest BCUT2D eigenvalue weighted by atomic mass is 28.4. The highest BCUT2D eigenvalue weighted by Crippen LogP contribution is 2.37. The van der Waals surface area contributed by atoms with Gasteiger partial charge in [0.2, 0.25) is 0 Å². The molecule has 0 saturated heterocycles. The maximum Gasteiger partial charge on any atom is 0.336 e. The molecule has 1 unspecified atom stereocenters. The molecule has 0 radical (unpaired) electrons. The van der Waals surface area contributed by atoms with Crippen LogP contribution < -0.4 is 0 Å². The van der Waals surface area contributed by atoms with Gasteiger partial charge in [-0.05, 0) is 56.0 Å². The van der Waals surface area contributed by atoms with Gasteiger partial charge in [-0.25, -0.2) is 4.79 Å². The third-order valence-corrected chi connectivity index (χ3v) is 12.1. The van der Waals surface area contributed by atoms with Crippen molar-refractivity contribution in [3.05, 3.63) is 29.5 Å². The molecule has 35 heavy (non-hydrogen) atoms. The molecule has 0 amide bonds. The predicted octanol–water partition coefficient (Wildman–Crippen LogP) is 8.78. The predicted molar refractivity (Wildman–Crippen MR) is 149 cm³/mol. The summed E-state index contributed by atoms with van der Waals surface area (Å²) < 4.78 is 6.02. The molecule has 0 aromatic carbocycles. The van der Waals surface area contributed by atoms with E-state index in [9.17, 15) is 14.7 Å². The van der Waals surface area contributed by atoms with E-state index in [1.54, 1.807) is 0 Å². The molecule has 2 atom stereocenters. The summed E-state index contributed by atoms with van der Waals surface area (Å²) in [4.78, 5) is 24.1. The standard InChI is InChI=1S/C30H52O4Si/c1-7-8-9-10-11-12-13-14-15-17-20-25-23-24-27(31)26(25)21-18-16-19-22-28(29(32)33)34-35(5,6)30(2,3)4/h16,22-23,26,28H,7-15,17-18,20-21,24H2,1-6H3,(H,32,33)/t19?,26-,28?/m1/s1. The van der Waals surface area contributed by atoms with E-state index in [-0.39, 0.29) is 11.0 Å². The van der Waals surface area contributed by atoms with E-state index in [1.165, 1.54) is 75.9 Å². The third-order valence-electron chi connectivity index (χ3n) is 7.66. The molecular weight excluding hydrogens is 452 g/mol. The zero-order valence-electron chi connectivity index (χ0n) is 23.5. The number of aliphatic carboxylic acids is 1. The van der Waals surface area contributed by atoms with Crippen LogP contribution >= 0.6 is 0 Å². The molecular formula is C30H52O4Si. The SMILES string of the molecule is CCCCCCCCCCCCC1=CCC(=O)[C@@H]1CCC=C=CC(O[Si](C)(C)C(C)(C)C)C(=O)O. The second-order valence-corrected chi connectivity index (χ2v) is 16.4. The Hall–Kier alpha value is -1.42. The lowest BCUT2D eigenvalue weighted by Gasteiger charge is -2.37. The number of allylic oxidation sites excluding steroid dienone is 2. The van der Waals surface area contributed by atoms with Crippen LogP contribution in [0.5, 0.6) is 0 Å². The first-order valence-electron chi connectivity index (χ1n) is 14.0. The molecule has 4 nitrogen and oxygen atoms in total. The van der Waals surface area contributed by atoms with Gasteiger partial charge < -0.3 is 9.53 Å². The molecule has 0 bridgehead atoms. The Morgan fingerprint density at radius 2 is 1.69 bits per heavy atom. The highest BCUT2D eigenvalue weighted by molar-refractivity contribution is 6.74. The lowest BCUT2D eigenvalue weighted by molar-refractivity contribution is -0.143. The van der Waals surface area contributed by atoms with Gasteiger partial charge in [0.25, 0.3) is 0 Å². The first-order chi connectivity index (χ1) is 16.5. The van der Waals surface area contributed by atoms with Crippen molar-refractivity contribution in [3.8, 4) is 0 Å². The molecule has 0 aromatic heterocycles. The lowest BCUT2D eigenvalue weighted by atomic mass is 9.91. The molecule has 0 heterocycles. The zero-order valence-corrected chi connectivity index (χ0v) is 24.5. The molecule has 200 valence electrons. The molecule has 0 fully saturated rings. The molecule has 0 aliphatic heterocycles. The van der Waals surface area contributed by atoms with E-state index in [2.05, 4.69) is 52.6 Å². The number of unbranched alkanes of at least 4 members (excludes halogenated alkanes) is 9. The van der Waals surface area contributed by atoms with Gasteiger partial charge in [0.05, 0.1) is 0 Å². The van der Waals surface area contributed by atoms with E-state index in [1.807, 2.05) is 6.08 Å². The summed E-state index contributed by atoms with van der Waals surface area (Å²) in [5.41, 5.74) is 4.33. The number of hydrogen-bond acceptors (Lipinski definition) is 3. The average molecular weight is 505 g/mol. The van der Waals surface area contributed by atoms with Crippen molar-refractivity contribution < 1.29 is 19.1 Å². The van der Waals surface area contributed by atoms with Crippen LogP contribution in [0.3, 0.4) is 0 Å². The Morgan fingerprint density at radius 1 is 1.11 bits per heavy atom. The van der Waals surface area contributed by atoms with Gasteiger partial charge in [-0.3, -0.25) is 4.79 Å². The molecule has 5 heteroatoms. The van der Waals surface area contributed by atoms with Crippen molar-refractivity contribution in [3.63, 3.8) is 0 Å². The number of carboxylic acids is 1. The second kappa shape index (κ2) is 16.3. The number of carbonyl (C=O) groups excluding carboxylic acids is 1. The fourth-order valence-electron chi connectivity index (χ4n) is 4.30. The summed E-state index contributed by atoms with van der Waals surface area (Å²) in [6.45, 7) is 12.6. The van der Waals surface area contributed by atoms with Crippen molar-refractivity contribution in [2.45, 2.75) is 142 Å². The van der Waals surface area contributed by atoms with Crippen LogP contribution in [0.4, 0.5) is 0 Å². The molecule has 1 rings (SSSR count). The third kappa shape index (κ3) is 12.4.